The van der Waals surface area contributed by atoms with Gasteiger partial charge in [0.2, 0.25) is 6.10 Å². The van der Waals surface area contributed by atoms with Gasteiger partial charge < -0.3 is 10.1 Å². The van der Waals surface area contributed by atoms with E-state index in [2.05, 4.69) is 29.4 Å². The Morgan fingerprint density at radius 3 is 2.52 bits per heavy atom. The van der Waals surface area contributed by atoms with E-state index in [-0.39, 0.29) is 17.6 Å². The Kier molecular flexibility index (Phi) is 5.71. The lowest BCUT2D eigenvalue weighted by atomic mass is 10.1. The smallest absolute Gasteiger partial charge is 0.358 e. The van der Waals surface area contributed by atoms with E-state index >= 15 is 0 Å². The van der Waals surface area contributed by atoms with Crippen LogP contribution < -0.4 is 5.32 Å². The van der Waals surface area contributed by atoms with Gasteiger partial charge in [0.05, 0.1) is 0 Å². The normalized spacial score (nSPS) is 14.2. The number of benzene rings is 2. The van der Waals surface area contributed by atoms with Crippen LogP contribution in [-0.2, 0) is 16.0 Å². The molecule has 0 spiro atoms. The SMILES string of the molecule is CCc1ccc(-c2nc(C(=O)O[C@H](C(=O)NC3CC3)c3ccccc3)cs2)cc1. The van der Waals surface area contributed by atoms with Crippen molar-refractivity contribution in [2.24, 2.45) is 0 Å². The Morgan fingerprint density at radius 2 is 1.86 bits per heavy atom. The zero-order chi connectivity index (χ0) is 20.2. The fourth-order valence-electron chi connectivity index (χ4n) is 2.96. The van der Waals surface area contributed by atoms with Crippen molar-refractivity contribution in [3.63, 3.8) is 0 Å². The van der Waals surface area contributed by atoms with Gasteiger partial charge >= 0.3 is 5.97 Å². The lowest BCUT2D eigenvalue weighted by molar-refractivity contribution is -0.130. The minimum absolute atomic E-state index is 0.185. The molecule has 1 saturated carbocycles. The van der Waals surface area contributed by atoms with Gasteiger partial charge in [0.15, 0.2) is 5.69 Å². The Bertz CT molecular complexity index is 994. The molecule has 1 N–H and O–H groups in total. The fourth-order valence-corrected chi connectivity index (χ4v) is 3.75. The van der Waals surface area contributed by atoms with E-state index in [0.717, 1.165) is 29.8 Å². The molecule has 1 aliphatic carbocycles. The van der Waals surface area contributed by atoms with Crippen LogP contribution in [0, 0.1) is 0 Å². The minimum atomic E-state index is -0.988. The highest BCUT2D eigenvalue weighted by atomic mass is 32.1. The van der Waals surface area contributed by atoms with Gasteiger partial charge in [-0.1, -0.05) is 61.5 Å². The van der Waals surface area contributed by atoms with Crippen LogP contribution in [0.4, 0.5) is 0 Å². The van der Waals surface area contributed by atoms with E-state index in [1.807, 2.05) is 30.3 Å². The van der Waals surface area contributed by atoms with Gasteiger partial charge in [-0.15, -0.1) is 11.3 Å². The zero-order valence-electron chi connectivity index (χ0n) is 16.1. The second-order valence-corrected chi connectivity index (χ2v) is 7.93. The number of hydrogen-bond acceptors (Lipinski definition) is 5. The van der Waals surface area contributed by atoms with E-state index in [1.165, 1.54) is 16.9 Å². The molecule has 0 aliphatic heterocycles. The van der Waals surface area contributed by atoms with Gasteiger partial charge in [0.25, 0.3) is 5.91 Å². The van der Waals surface area contributed by atoms with Gasteiger partial charge in [0, 0.05) is 22.5 Å². The predicted molar refractivity (Wildman–Crippen MR) is 113 cm³/mol. The number of nitrogens with one attached hydrogen (secondary N) is 1. The van der Waals surface area contributed by atoms with Crippen LogP contribution in [0.25, 0.3) is 10.6 Å². The summed E-state index contributed by atoms with van der Waals surface area (Å²) in [4.78, 5) is 29.8. The standard InChI is InChI=1S/C23H22N2O3S/c1-2-15-8-10-17(11-9-15)22-25-19(14-29-22)23(27)28-20(16-6-4-3-5-7-16)21(26)24-18-12-13-18/h3-11,14,18,20H,2,12-13H2,1H3,(H,24,26)/t20-/m0/s1. The lowest BCUT2D eigenvalue weighted by Crippen LogP contribution is -2.33. The van der Waals surface area contributed by atoms with Crippen molar-refractivity contribution in [3.8, 4) is 10.6 Å². The molecule has 6 heteroatoms. The van der Waals surface area contributed by atoms with Crippen LogP contribution >= 0.6 is 11.3 Å². The minimum Gasteiger partial charge on any atom is -0.443 e. The summed E-state index contributed by atoms with van der Waals surface area (Å²) in [6, 6.07) is 17.4. The molecule has 0 unspecified atom stereocenters. The van der Waals surface area contributed by atoms with E-state index < -0.39 is 12.1 Å². The summed E-state index contributed by atoms with van der Waals surface area (Å²) in [5.41, 5.74) is 3.06. The monoisotopic (exact) mass is 406 g/mol. The molecular formula is C23H22N2O3S. The van der Waals surface area contributed by atoms with Gasteiger partial charge in [-0.2, -0.15) is 0 Å². The number of aromatic nitrogens is 1. The van der Waals surface area contributed by atoms with Crippen LogP contribution in [0.3, 0.4) is 0 Å². The first-order valence-electron chi connectivity index (χ1n) is 9.75. The van der Waals surface area contributed by atoms with Crippen molar-refractivity contribution in [2.45, 2.75) is 38.3 Å². The van der Waals surface area contributed by atoms with Crippen molar-refractivity contribution in [1.29, 1.82) is 0 Å². The van der Waals surface area contributed by atoms with E-state index in [1.54, 1.807) is 17.5 Å². The van der Waals surface area contributed by atoms with Crippen molar-refractivity contribution in [3.05, 3.63) is 76.8 Å². The molecule has 3 aromatic rings. The number of carbonyl (C=O) groups excluding carboxylic acids is 2. The molecule has 4 rings (SSSR count). The number of ether oxygens (including phenoxy) is 1. The molecule has 0 bridgehead atoms. The molecule has 5 nitrogen and oxygen atoms in total. The van der Waals surface area contributed by atoms with Gasteiger partial charge in [0.1, 0.15) is 5.01 Å². The summed E-state index contributed by atoms with van der Waals surface area (Å²) in [7, 11) is 0. The number of aryl methyl sites for hydroxylation is 1. The van der Waals surface area contributed by atoms with Crippen molar-refractivity contribution in [2.75, 3.05) is 0 Å². The van der Waals surface area contributed by atoms with Crippen LogP contribution in [0.5, 0.6) is 0 Å². The van der Waals surface area contributed by atoms with Crippen molar-refractivity contribution >= 4 is 23.2 Å². The maximum atomic E-state index is 12.7. The molecule has 1 aliphatic rings. The first-order valence-corrected chi connectivity index (χ1v) is 10.6. The first kappa shape index (κ1) is 19.3. The summed E-state index contributed by atoms with van der Waals surface area (Å²) in [5, 5.41) is 5.34. The maximum absolute atomic E-state index is 12.7. The molecule has 29 heavy (non-hydrogen) atoms. The molecule has 1 amide bonds. The Hall–Kier alpha value is -2.99. The van der Waals surface area contributed by atoms with E-state index in [9.17, 15) is 9.59 Å². The second-order valence-electron chi connectivity index (χ2n) is 7.07. The topological polar surface area (TPSA) is 68.3 Å². The highest BCUT2D eigenvalue weighted by Gasteiger charge is 2.31. The van der Waals surface area contributed by atoms with Crippen molar-refractivity contribution < 1.29 is 14.3 Å². The number of thiazole rings is 1. The predicted octanol–water partition coefficient (Wildman–Crippen LogP) is 4.55. The molecule has 0 saturated heterocycles. The molecule has 0 radical (unpaired) electrons. The van der Waals surface area contributed by atoms with E-state index in [4.69, 9.17) is 4.74 Å². The number of nitrogens with zero attached hydrogens (tertiary/aromatic N) is 1. The number of rotatable bonds is 7. The highest BCUT2D eigenvalue weighted by Crippen LogP contribution is 2.27. The van der Waals surface area contributed by atoms with Crippen LogP contribution in [0.15, 0.2) is 60.0 Å². The summed E-state index contributed by atoms with van der Waals surface area (Å²) >= 11 is 1.38. The number of esters is 1. The van der Waals surface area contributed by atoms with Crippen molar-refractivity contribution in [1.82, 2.24) is 10.3 Å². The number of hydrogen-bond donors (Lipinski definition) is 1. The third-order valence-corrected chi connectivity index (χ3v) is 5.70. The van der Waals surface area contributed by atoms with Gasteiger partial charge in [-0.3, -0.25) is 4.79 Å². The summed E-state index contributed by atoms with van der Waals surface area (Å²) < 4.78 is 5.59. The fraction of sp³-hybridized carbons (Fsp3) is 0.261. The second kappa shape index (κ2) is 8.57. The molecule has 1 heterocycles. The molecule has 148 valence electrons. The largest absolute Gasteiger partial charge is 0.443 e. The number of amides is 1. The molecule has 1 aromatic heterocycles. The quantitative estimate of drug-likeness (QED) is 0.585. The lowest BCUT2D eigenvalue weighted by Gasteiger charge is -2.17. The Balaban J connectivity index is 1.51. The molecule has 2 aromatic carbocycles. The van der Waals surface area contributed by atoms with Crippen LogP contribution in [0.2, 0.25) is 0 Å². The summed E-state index contributed by atoms with van der Waals surface area (Å²) in [6.07, 6.45) is 1.92. The Labute approximate surface area is 173 Å². The van der Waals surface area contributed by atoms with Crippen LogP contribution in [-0.4, -0.2) is 22.9 Å². The molecule has 1 atom stereocenters. The maximum Gasteiger partial charge on any atom is 0.358 e. The summed E-state index contributed by atoms with van der Waals surface area (Å²) in [6.45, 7) is 2.11. The molecular weight excluding hydrogens is 384 g/mol. The summed E-state index contributed by atoms with van der Waals surface area (Å²) in [5.74, 6) is -0.893. The van der Waals surface area contributed by atoms with Gasteiger partial charge in [-0.25, -0.2) is 9.78 Å². The number of carbonyl (C=O) groups is 2. The average Bonchev–Trinajstić information content (AvgIpc) is 3.43. The van der Waals surface area contributed by atoms with E-state index in [0.29, 0.717) is 5.56 Å². The third-order valence-electron chi connectivity index (χ3n) is 4.81. The third kappa shape index (κ3) is 4.71. The average molecular weight is 407 g/mol. The highest BCUT2D eigenvalue weighted by molar-refractivity contribution is 7.13. The zero-order valence-corrected chi connectivity index (χ0v) is 16.9. The van der Waals surface area contributed by atoms with Crippen LogP contribution in [0.1, 0.15) is 47.5 Å². The first-order chi connectivity index (χ1) is 14.1. The Morgan fingerprint density at radius 1 is 1.14 bits per heavy atom. The molecule has 1 fully saturated rings. The van der Waals surface area contributed by atoms with Gasteiger partial charge in [-0.05, 0) is 24.8 Å².